The van der Waals surface area contributed by atoms with Gasteiger partial charge in [-0.15, -0.1) is 17.9 Å². The zero-order valence-electron chi connectivity index (χ0n) is 17.2. The van der Waals surface area contributed by atoms with E-state index in [1.54, 1.807) is 0 Å². The maximum absolute atomic E-state index is 12.8. The van der Waals surface area contributed by atoms with Gasteiger partial charge < -0.3 is 15.4 Å². The molecule has 1 atom stereocenters. The number of benzene rings is 1. The molecule has 3 aromatic rings. The number of carbonyl (C=O) groups is 2. The first-order chi connectivity index (χ1) is 15.3. The van der Waals surface area contributed by atoms with E-state index in [-0.39, 0.29) is 18.8 Å². The van der Waals surface area contributed by atoms with Crippen LogP contribution in [0.25, 0.3) is 11.3 Å². The second-order valence-electron chi connectivity index (χ2n) is 6.74. The molecule has 0 aliphatic rings. The van der Waals surface area contributed by atoms with Crippen molar-refractivity contribution in [3.05, 3.63) is 72.4 Å². The minimum Gasteiger partial charge on any atom is -0.375 e. The lowest BCUT2D eigenvalue weighted by Crippen LogP contribution is -2.46. The number of hydrogen-bond donors (Lipinski definition) is 2. The third-order valence-electron chi connectivity index (χ3n) is 4.26. The molecule has 2 N–H and O–H groups in total. The van der Waals surface area contributed by atoms with E-state index in [1.807, 2.05) is 35.7 Å². The molecule has 0 fully saturated rings. The first-order valence-electron chi connectivity index (χ1n) is 9.48. The highest BCUT2D eigenvalue weighted by Gasteiger charge is 2.24. The van der Waals surface area contributed by atoms with Crippen molar-refractivity contribution in [2.24, 2.45) is 0 Å². The second kappa shape index (κ2) is 10.4. The summed E-state index contributed by atoms with van der Waals surface area (Å²) in [6, 6.07) is 9.83. The summed E-state index contributed by atoms with van der Waals surface area (Å²) in [5, 5.41) is 7.46. The maximum Gasteiger partial charge on any atom is 0.253 e. The van der Waals surface area contributed by atoms with Gasteiger partial charge in [0.25, 0.3) is 11.8 Å². The van der Waals surface area contributed by atoms with E-state index < -0.39 is 27.9 Å². The van der Waals surface area contributed by atoms with Crippen LogP contribution in [0.4, 0.5) is 5.13 Å². The molecule has 9 nitrogen and oxygen atoms in total. The minimum atomic E-state index is -3.52. The molecule has 168 valence electrons. The van der Waals surface area contributed by atoms with Crippen LogP contribution in [-0.4, -0.2) is 54.7 Å². The summed E-state index contributed by atoms with van der Waals surface area (Å²) in [6.07, 6.45) is 4.98. The van der Waals surface area contributed by atoms with Gasteiger partial charge >= 0.3 is 0 Å². The Morgan fingerprint density at radius 2 is 2.03 bits per heavy atom. The molecule has 11 heteroatoms. The minimum absolute atomic E-state index is 0.0950. The van der Waals surface area contributed by atoms with E-state index >= 15 is 0 Å². The maximum atomic E-state index is 12.8. The van der Waals surface area contributed by atoms with Gasteiger partial charge in [-0.2, -0.15) is 0 Å². The monoisotopic (exact) mass is 474 g/mol. The van der Waals surface area contributed by atoms with Crippen LogP contribution in [0.2, 0.25) is 0 Å². The number of rotatable bonds is 10. The van der Waals surface area contributed by atoms with Gasteiger partial charge in [-0.05, 0) is 6.07 Å². The molecule has 0 radical (unpaired) electrons. The van der Waals surface area contributed by atoms with Crippen molar-refractivity contribution in [2.75, 3.05) is 24.8 Å². The molecule has 0 saturated heterocycles. The number of ether oxygens (including phenoxy) is 1. The van der Waals surface area contributed by atoms with Gasteiger partial charge in [-0.1, -0.05) is 36.4 Å². The molecule has 2 heterocycles. The van der Waals surface area contributed by atoms with Crippen LogP contribution in [0.1, 0.15) is 10.4 Å². The van der Waals surface area contributed by atoms with Gasteiger partial charge in [-0.25, -0.2) is 13.4 Å². The normalized spacial score (nSPS) is 12.2. The Labute approximate surface area is 189 Å². The smallest absolute Gasteiger partial charge is 0.253 e. The summed E-state index contributed by atoms with van der Waals surface area (Å²) < 4.78 is 29.5. The van der Waals surface area contributed by atoms with Crippen LogP contribution in [0.5, 0.6) is 0 Å². The van der Waals surface area contributed by atoms with E-state index in [0.29, 0.717) is 5.13 Å². The Morgan fingerprint density at radius 3 is 2.69 bits per heavy atom. The van der Waals surface area contributed by atoms with Crippen molar-refractivity contribution < 1.29 is 22.7 Å². The van der Waals surface area contributed by atoms with Crippen LogP contribution in [0, 0.1) is 0 Å². The van der Waals surface area contributed by atoms with Gasteiger partial charge in [0.15, 0.2) is 5.13 Å². The average Bonchev–Trinajstić information content (AvgIpc) is 3.43. The van der Waals surface area contributed by atoms with E-state index in [2.05, 4.69) is 22.2 Å². The molecule has 0 aliphatic carbocycles. The number of nitrogens with one attached hydrogen (secondary N) is 2. The predicted octanol–water partition coefficient (Wildman–Crippen LogP) is 2.36. The van der Waals surface area contributed by atoms with Gasteiger partial charge in [0.1, 0.15) is 6.04 Å². The first kappa shape index (κ1) is 23.4. The SMILES string of the molecule is C=CCOCC(NC(=O)c1ccn(S(C)(=O)=O)c1)C(=O)Nc1nc(-c2ccccc2)cs1. The highest BCUT2D eigenvalue weighted by atomic mass is 32.2. The average molecular weight is 475 g/mol. The largest absolute Gasteiger partial charge is 0.375 e. The molecular formula is C21H22N4O5S2. The number of anilines is 1. The summed E-state index contributed by atoms with van der Waals surface area (Å²) in [5.41, 5.74) is 1.73. The van der Waals surface area contributed by atoms with Crippen LogP contribution in [0.3, 0.4) is 0 Å². The van der Waals surface area contributed by atoms with Gasteiger partial charge in [0, 0.05) is 23.3 Å². The highest BCUT2D eigenvalue weighted by Crippen LogP contribution is 2.24. The molecule has 32 heavy (non-hydrogen) atoms. The molecule has 0 spiro atoms. The van der Waals surface area contributed by atoms with Gasteiger partial charge in [0.2, 0.25) is 10.0 Å². The number of amides is 2. The van der Waals surface area contributed by atoms with Crippen molar-refractivity contribution in [3.63, 3.8) is 0 Å². The van der Waals surface area contributed by atoms with Crippen molar-refractivity contribution >= 4 is 38.3 Å². The summed E-state index contributed by atoms with van der Waals surface area (Å²) >= 11 is 1.26. The quantitative estimate of drug-likeness (QED) is 0.344. The van der Waals surface area contributed by atoms with Crippen molar-refractivity contribution in [1.82, 2.24) is 14.3 Å². The van der Waals surface area contributed by atoms with Crippen molar-refractivity contribution in [2.45, 2.75) is 6.04 Å². The Balaban J connectivity index is 1.71. The van der Waals surface area contributed by atoms with E-state index in [4.69, 9.17) is 4.74 Å². The van der Waals surface area contributed by atoms with Gasteiger partial charge in [0.05, 0.1) is 30.7 Å². The zero-order valence-corrected chi connectivity index (χ0v) is 18.9. The number of nitrogens with zero attached hydrogens (tertiary/aromatic N) is 2. The van der Waals surface area contributed by atoms with Crippen molar-refractivity contribution in [1.29, 1.82) is 0 Å². The third kappa shape index (κ3) is 6.13. The lowest BCUT2D eigenvalue weighted by molar-refractivity contribution is -0.119. The lowest BCUT2D eigenvalue weighted by atomic mass is 10.2. The fourth-order valence-corrected chi connectivity index (χ4v) is 3.99. The first-order valence-corrected chi connectivity index (χ1v) is 12.2. The summed E-state index contributed by atoms with van der Waals surface area (Å²) in [5.74, 6) is -1.13. The molecule has 2 aromatic heterocycles. The van der Waals surface area contributed by atoms with Crippen LogP contribution >= 0.6 is 11.3 Å². The number of thiazole rings is 1. The Morgan fingerprint density at radius 1 is 1.28 bits per heavy atom. The molecule has 1 unspecified atom stereocenters. The molecule has 0 aliphatic heterocycles. The molecular weight excluding hydrogens is 452 g/mol. The summed E-state index contributed by atoms with van der Waals surface area (Å²) in [4.78, 5) is 29.8. The molecule has 3 rings (SSSR count). The molecule has 2 amide bonds. The zero-order chi connectivity index (χ0) is 23.1. The molecule has 1 aromatic carbocycles. The fourth-order valence-electron chi connectivity index (χ4n) is 2.68. The van der Waals surface area contributed by atoms with Crippen LogP contribution in [0.15, 0.2) is 66.8 Å². The summed E-state index contributed by atoms with van der Waals surface area (Å²) in [6.45, 7) is 3.65. The van der Waals surface area contributed by atoms with Crippen LogP contribution < -0.4 is 10.6 Å². The Bertz CT molecular complexity index is 1200. The van der Waals surface area contributed by atoms with Crippen molar-refractivity contribution in [3.8, 4) is 11.3 Å². The fraction of sp³-hybridized carbons (Fsp3) is 0.190. The highest BCUT2D eigenvalue weighted by molar-refractivity contribution is 7.89. The Kier molecular flexibility index (Phi) is 7.57. The van der Waals surface area contributed by atoms with Crippen LogP contribution in [-0.2, 0) is 19.6 Å². The topological polar surface area (TPSA) is 119 Å². The molecule has 0 saturated carbocycles. The second-order valence-corrected chi connectivity index (χ2v) is 9.48. The molecule has 0 bridgehead atoms. The number of aromatic nitrogens is 2. The Hall–Kier alpha value is -3.28. The van der Waals surface area contributed by atoms with E-state index in [0.717, 1.165) is 21.5 Å². The van der Waals surface area contributed by atoms with E-state index in [9.17, 15) is 18.0 Å². The number of hydrogen-bond acceptors (Lipinski definition) is 7. The standard InChI is InChI=1S/C21H22N4O5S2/c1-3-11-30-13-17(22-19(26)16-9-10-25(12-16)32(2,28)29)20(27)24-21-23-18(14-31-21)15-7-5-4-6-8-15/h3-10,12,14,17H,1,11,13H2,2H3,(H,22,26)(H,23,24,27). The number of carbonyl (C=O) groups excluding carboxylic acids is 2. The lowest BCUT2D eigenvalue weighted by Gasteiger charge is -2.17. The third-order valence-corrected chi connectivity index (χ3v) is 6.01. The van der Waals surface area contributed by atoms with E-state index in [1.165, 1.54) is 35.9 Å². The van der Waals surface area contributed by atoms with Gasteiger partial charge in [-0.3, -0.25) is 13.6 Å². The predicted molar refractivity (Wildman–Crippen MR) is 123 cm³/mol. The summed E-state index contributed by atoms with van der Waals surface area (Å²) in [7, 11) is -3.52.